The summed E-state index contributed by atoms with van der Waals surface area (Å²) in [7, 11) is 0. The first-order valence-corrected chi connectivity index (χ1v) is 7.79. The van der Waals surface area contributed by atoms with E-state index in [1.54, 1.807) is 18.2 Å². The number of aliphatic hydroxyl groups excluding tert-OH is 1. The molecule has 2 aromatic rings. The van der Waals surface area contributed by atoms with Crippen LogP contribution < -0.4 is 10.1 Å². The lowest BCUT2D eigenvalue weighted by atomic mass is 10.1. The number of rotatable bonds is 8. The molecule has 132 valence electrons. The molecule has 0 fully saturated rings. The summed E-state index contributed by atoms with van der Waals surface area (Å²) in [5.74, 6) is -0.381. The van der Waals surface area contributed by atoms with E-state index in [2.05, 4.69) is 10.1 Å². The Kier molecular flexibility index (Phi) is 7.10. The van der Waals surface area contributed by atoms with Gasteiger partial charge in [-0.3, -0.25) is 4.79 Å². The highest BCUT2D eigenvalue weighted by molar-refractivity contribution is 5.92. The third-order valence-corrected chi connectivity index (χ3v) is 3.45. The number of hydrogen-bond donors (Lipinski definition) is 2. The van der Waals surface area contributed by atoms with Crippen LogP contribution in [-0.4, -0.2) is 24.2 Å². The molecule has 2 N–H and O–H groups in total. The molecule has 2 rings (SSSR count). The van der Waals surface area contributed by atoms with Crippen molar-refractivity contribution in [2.45, 2.75) is 19.1 Å². The molecule has 0 saturated carbocycles. The van der Waals surface area contributed by atoms with E-state index in [1.807, 2.05) is 30.3 Å². The Bertz CT molecular complexity index is 705. The molecule has 4 nitrogen and oxygen atoms in total. The van der Waals surface area contributed by atoms with E-state index >= 15 is 0 Å². The number of ether oxygens (including phenoxy) is 1. The van der Waals surface area contributed by atoms with Gasteiger partial charge in [0, 0.05) is 18.2 Å². The SMILES string of the molecule is O=C(C=Cc1ccccc1OC(F)F)NCCC(O)c1ccccc1. The highest BCUT2D eigenvalue weighted by atomic mass is 19.3. The van der Waals surface area contributed by atoms with Crippen molar-refractivity contribution >= 4 is 12.0 Å². The minimum Gasteiger partial charge on any atom is -0.434 e. The highest BCUT2D eigenvalue weighted by Gasteiger charge is 2.08. The van der Waals surface area contributed by atoms with Gasteiger partial charge < -0.3 is 15.2 Å². The van der Waals surface area contributed by atoms with Gasteiger partial charge in [0.05, 0.1) is 6.10 Å². The van der Waals surface area contributed by atoms with E-state index in [0.29, 0.717) is 12.0 Å². The van der Waals surface area contributed by atoms with Crippen LogP contribution in [0.2, 0.25) is 0 Å². The zero-order valence-corrected chi connectivity index (χ0v) is 13.4. The van der Waals surface area contributed by atoms with Gasteiger partial charge in [0.1, 0.15) is 5.75 Å². The summed E-state index contributed by atoms with van der Waals surface area (Å²) in [4.78, 5) is 11.8. The second kappa shape index (κ2) is 9.54. The molecule has 0 aliphatic rings. The second-order valence-electron chi connectivity index (χ2n) is 5.26. The monoisotopic (exact) mass is 347 g/mol. The van der Waals surface area contributed by atoms with E-state index < -0.39 is 12.7 Å². The normalized spacial score (nSPS) is 12.3. The molecule has 0 heterocycles. The topological polar surface area (TPSA) is 58.6 Å². The lowest BCUT2D eigenvalue weighted by molar-refractivity contribution is -0.116. The summed E-state index contributed by atoms with van der Waals surface area (Å²) in [6, 6.07) is 15.3. The maximum absolute atomic E-state index is 12.3. The van der Waals surface area contributed by atoms with Gasteiger partial charge in [-0.25, -0.2) is 0 Å². The number of para-hydroxylation sites is 1. The molecule has 0 aliphatic heterocycles. The quantitative estimate of drug-likeness (QED) is 0.718. The zero-order chi connectivity index (χ0) is 18.1. The average Bonchev–Trinajstić information content (AvgIpc) is 2.61. The molecule has 1 unspecified atom stereocenters. The van der Waals surface area contributed by atoms with E-state index in [4.69, 9.17) is 0 Å². The van der Waals surface area contributed by atoms with Crippen LogP contribution in [0.5, 0.6) is 5.75 Å². The van der Waals surface area contributed by atoms with Crippen LogP contribution in [0.4, 0.5) is 8.78 Å². The van der Waals surface area contributed by atoms with Crippen molar-refractivity contribution in [3.8, 4) is 5.75 Å². The van der Waals surface area contributed by atoms with E-state index in [-0.39, 0.29) is 18.2 Å². The molecule has 1 amide bonds. The summed E-state index contributed by atoms with van der Waals surface area (Å²) in [5.41, 5.74) is 1.16. The average molecular weight is 347 g/mol. The van der Waals surface area contributed by atoms with Crippen LogP contribution in [0.1, 0.15) is 23.7 Å². The van der Waals surface area contributed by atoms with Crippen molar-refractivity contribution in [1.82, 2.24) is 5.32 Å². The van der Waals surface area contributed by atoms with Gasteiger partial charge in [-0.1, -0.05) is 48.5 Å². The van der Waals surface area contributed by atoms with Gasteiger partial charge in [0.2, 0.25) is 5.91 Å². The Hall–Kier alpha value is -2.73. The summed E-state index contributed by atoms with van der Waals surface area (Å²) in [6.45, 7) is -2.64. The van der Waals surface area contributed by atoms with Gasteiger partial charge in [-0.05, 0) is 24.1 Å². The molecule has 0 saturated heterocycles. The largest absolute Gasteiger partial charge is 0.434 e. The van der Waals surface area contributed by atoms with Crippen molar-refractivity contribution in [2.75, 3.05) is 6.54 Å². The smallest absolute Gasteiger partial charge is 0.387 e. The number of hydrogen-bond acceptors (Lipinski definition) is 3. The molecule has 0 spiro atoms. The fourth-order valence-corrected chi connectivity index (χ4v) is 2.22. The van der Waals surface area contributed by atoms with Gasteiger partial charge in [0.25, 0.3) is 0 Å². The number of aliphatic hydroxyl groups is 1. The Labute approximate surface area is 144 Å². The number of amides is 1. The maximum atomic E-state index is 12.3. The zero-order valence-electron chi connectivity index (χ0n) is 13.4. The summed E-state index contributed by atoms with van der Waals surface area (Å²) >= 11 is 0. The minimum atomic E-state index is -2.93. The van der Waals surface area contributed by atoms with Gasteiger partial charge >= 0.3 is 6.61 Å². The molecule has 25 heavy (non-hydrogen) atoms. The molecular weight excluding hydrogens is 328 g/mol. The van der Waals surface area contributed by atoms with Crippen LogP contribution in [0.3, 0.4) is 0 Å². The van der Waals surface area contributed by atoms with Gasteiger partial charge in [-0.2, -0.15) is 8.78 Å². The van der Waals surface area contributed by atoms with E-state index in [0.717, 1.165) is 5.56 Å². The first-order valence-electron chi connectivity index (χ1n) is 7.79. The van der Waals surface area contributed by atoms with E-state index in [9.17, 15) is 18.7 Å². The number of alkyl halides is 2. The molecule has 0 bridgehead atoms. The van der Waals surface area contributed by atoms with Crippen molar-refractivity contribution in [3.63, 3.8) is 0 Å². The van der Waals surface area contributed by atoms with Crippen molar-refractivity contribution in [2.24, 2.45) is 0 Å². The minimum absolute atomic E-state index is 0.000972. The lowest BCUT2D eigenvalue weighted by Gasteiger charge is -2.11. The maximum Gasteiger partial charge on any atom is 0.387 e. The van der Waals surface area contributed by atoms with Gasteiger partial charge in [0.15, 0.2) is 0 Å². The summed E-state index contributed by atoms with van der Waals surface area (Å²) in [6.07, 6.45) is 2.35. The van der Waals surface area contributed by atoms with Crippen LogP contribution in [0.25, 0.3) is 6.08 Å². The number of carbonyl (C=O) groups excluding carboxylic acids is 1. The number of halogens is 2. The molecule has 1 atom stereocenters. The van der Waals surface area contributed by atoms with Crippen LogP contribution in [0.15, 0.2) is 60.7 Å². The van der Waals surface area contributed by atoms with Crippen LogP contribution in [-0.2, 0) is 4.79 Å². The first kappa shape index (κ1) is 18.6. The second-order valence-corrected chi connectivity index (χ2v) is 5.26. The van der Waals surface area contributed by atoms with E-state index in [1.165, 1.54) is 18.2 Å². The Morgan fingerprint density at radius 3 is 2.52 bits per heavy atom. The fourth-order valence-electron chi connectivity index (χ4n) is 2.22. The van der Waals surface area contributed by atoms with Crippen molar-refractivity contribution in [3.05, 3.63) is 71.8 Å². The van der Waals surface area contributed by atoms with Crippen LogP contribution >= 0.6 is 0 Å². The number of nitrogens with one attached hydrogen (secondary N) is 1. The fraction of sp³-hybridized carbons (Fsp3) is 0.211. The third-order valence-electron chi connectivity index (χ3n) is 3.45. The molecular formula is C19H19F2NO3. The first-order chi connectivity index (χ1) is 12.1. The van der Waals surface area contributed by atoms with Crippen LogP contribution in [0, 0.1) is 0 Å². The summed E-state index contributed by atoms with van der Waals surface area (Å²) in [5, 5.41) is 12.6. The number of benzene rings is 2. The van der Waals surface area contributed by atoms with Crippen molar-refractivity contribution in [1.29, 1.82) is 0 Å². The Balaban J connectivity index is 1.83. The van der Waals surface area contributed by atoms with Gasteiger partial charge in [-0.15, -0.1) is 0 Å². The third kappa shape index (κ3) is 6.35. The summed E-state index contributed by atoms with van der Waals surface area (Å²) < 4.78 is 29.1. The predicted octanol–water partition coefficient (Wildman–Crippen LogP) is 3.54. The predicted molar refractivity (Wildman–Crippen MR) is 91.1 cm³/mol. The molecule has 6 heteroatoms. The lowest BCUT2D eigenvalue weighted by Crippen LogP contribution is -2.23. The Morgan fingerprint density at radius 1 is 1.12 bits per heavy atom. The van der Waals surface area contributed by atoms with Crippen molar-refractivity contribution < 1.29 is 23.4 Å². The standard InChI is InChI=1S/C19H19F2NO3/c20-19(21)25-17-9-5-4-8-15(17)10-11-18(24)22-13-12-16(23)14-6-2-1-3-7-14/h1-11,16,19,23H,12-13H2,(H,22,24). The molecule has 0 aromatic heterocycles. The molecule has 0 radical (unpaired) electrons. The molecule has 0 aliphatic carbocycles. The molecule has 2 aromatic carbocycles. The Morgan fingerprint density at radius 2 is 1.80 bits per heavy atom. The number of carbonyl (C=O) groups is 1. The highest BCUT2D eigenvalue weighted by Crippen LogP contribution is 2.21.